The smallest absolute Gasteiger partial charge is 0.199 e. The topological polar surface area (TPSA) is 65.1 Å². The highest BCUT2D eigenvalue weighted by Gasteiger charge is 2.20. The van der Waals surface area contributed by atoms with Gasteiger partial charge in [0.15, 0.2) is 11.1 Å². The minimum absolute atomic E-state index is 0.0383. The number of nitrogens with one attached hydrogen (secondary N) is 2. The van der Waals surface area contributed by atoms with E-state index in [1.54, 1.807) is 4.90 Å². The second kappa shape index (κ2) is 9.41. The molecule has 0 heterocycles. The number of thiocarbonyl (C=S) groups is 1. The lowest BCUT2D eigenvalue weighted by molar-refractivity contribution is 0.696. The minimum Gasteiger partial charge on any atom is -0.369 e. The molecule has 0 amide bonds. The van der Waals surface area contributed by atoms with Crippen LogP contribution in [0.3, 0.4) is 0 Å². The third-order valence-corrected chi connectivity index (χ3v) is 4.02. The summed E-state index contributed by atoms with van der Waals surface area (Å²) in [6.45, 7) is 7.19. The van der Waals surface area contributed by atoms with Crippen LogP contribution in [0, 0.1) is 5.41 Å². The Hall–Kier alpha value is -1.62. The molecule has 5 heteroatoms. The molecular formula is C17H28N4S. The molecule has 0 saturated heterocycles. The molecule has 4 nitrogen and oxygen atoms in total. The van der Waals surface area contributed by atoms with Crippen LogP contribution in [0.25, 0.3) is 0 Å². The van der Waals surface area contributed by atoms with Crippen molar-refractivity contribution in [2.75, 3.05) is 11.4 Å². The Morgan fingerprint density at radius 2 is 1.77 bits per heavy atom. The Morgan fingerprint density at radius 1 is 1.18 bits per heavy atom. The van der Waals surface area contributed by atoms with Crippen LogP contribution in [0.1, 0.15) is 51.2 Å². The fraction of sp³-hybridized carbons (Fsp3) is 0.529. The summed E-state index contributed by atoms with van der Waals surface area (Å²) in [7, 11) is 0. The van der Waals surface area contributed by atoms with Gasteiger partial charge in [-0.1, -0.05) is 51.8 Å². The second-order valence-corrected chi connectivity index (χ2v) is 5.68. The van der Waals surface area contributed by atoms with Crippen molar-refractivity contribution < 1.29 is 0 Å². The Balaban J connectivity index is 3.05. The van der Waals surface area contributed by atoms with Crippen LogP contribution in [-0.2, 0) is 12.8 Å². The molecule has 0 fully saturated rings. The number of nitrogens with zero attached hydrogens (tertiary/aromatic N) is 1. The van der Waals surface area contributed by atoms with Gasteiger partial charge in [0.05, 0.1) is 5.69 Å². The average molecular weight is 321 g/mol. The summed E-state index contributed by atoms with van der Waals surface area (Å²) >= 11 is 5.49. The predicted octanol–water partition coefficient (Wildman–Crippen LogP) is 3.58. The first kappa shape index (κ1) is 18.4. The van der Waals surface area contributed by atoms with Gasteiger partial charge >= 0.3 is 0 Å². The zero-order valence-corrected chi connectivity index (χ0v) is 14.7. The van der Waals surface area contributed by atoms with Gasteiger partial charge in [-0.3, -0.25) is 10.3 Å². The SMILES string of the molecule is CCCCCNC(=S)N(C(=N)N)c1c(CC)cccc1CC. The van der Waals surface area contributed by atoms with E-state index in [2.05, 4.69) is 44.3 Å². The summed E-state index contributed by atoms with van der Waals surface area (Å²) in [4.78, 5) is 1.67. The van der Waals surface area contributed by atoms with Crippen LogP contribution in [0.2, 0.25) is 0 Å². The molecule has 0 atom stereocenters. The summed E-state index contributed by atoms with van der Waals surface area (Å²) < 4.78 is 0. The Labute approximate surface area is 139 Å². The Kier molecular flexibility index (Phi) is 7.88. The minimum atomic E-state index is -0.0383. The van der Waals surface area contributed by atoms with Crippen molar-refractivity contribution in [3.63, 3.8) is 0 Å². The van der Waals surface area contributed by atoms with Gasteiger partial charge in [-0.15, -0.1) is 0 Å². The molecule has 1 aromatic rings. The molecule has 4 N–H and O–H groups in total. The van der Waals surface area contributed by atoms with Crippen LogP contribution < -0.4 is 16.0 Å². The molecule has 1 rings (SSSR count). The molecule has 0 aromatic heterocycles. The highest BCUT2D eigenvalue weighted by Crippen LogP contribution is 2.27. The zero-order chi connectivity index (χ0) is 16.5. The predicted molar refractivity (Wildman–Crippen MR) is 99.7 cm³/mol. The van der Waals surface area contributed by atoms with E-state index in [9.17, 15) is 0 Å². The largest absolute Gasteiger partial charge is 0.369 e. The van der Waals surface area contributed by atoms with E-state index >= 15 is 0 Å². The van der Waals surface area contributed by atoms with E-state index in [1.807, 2.05) is 0 Å². The number of hydrogen-bond donors (Lipinski definition) is 3. The highest BCUT2D eigenvalue weighted by molar-refractivity contribution is 7.80. The molecule has 0 spiro atoms. The molecule has 0 aliphatic heterocycles. The summed E-state index contributed by atoms with van der Waals surface area (Å²) in [5, 5.41) is 11.7. The number of benzene rings is 1. The number of para-hydroxylation sites is 1. The summed E-state index contributed by atoms with van der Waals surface area (Å²) in [6.07, 6.45) is 5.17. The van der Waals surface area contributed by atoms with Crippen molar-refractivity contribution >= 4 is 29.0 Å². The molecule has 0 saturated carbocycles. The number of aryl methyl sites for hydroxylation is 2. The number of rotatable bonds is 7. The molecule has 0 aliphatic carbocycles. The Bertz CT molecular complexity index is 491. The summed E-state index contributed by atoms with van der Waals surface area (Å²) in [5.74, 6) is -0.0383. The first-order valence-electron chi connectivity index (χ1n) is 8.09. The van der Waals surface area contributed by atoms with Gasteiger partial charge in [0.1, 0.15) is 0 Å². The quantitative estimate of drug-likeness (QED) is 0.311. The van der Waals surface area contributed by atoms with Gasteiger partial charge in [0.2, 0.25) is 0 Å². The van der Waals surface area contributed by atoms with Gasteiger partial charge in [-0.25, -0.2) is 0 Å². The standard InChI is InChI=1S/C17H28N4S/c1-4-7-8-12-20-17(22)21(16(18)19)15-13(5-2)10-9-11-14(15)6-3/h9-11H,4-8,12H2,1-3H3,(H3,18,19)(H,20,22). The fourth-order valence-electron chi connectivity index (χ4n) is 2.48. The van der Waals surface area contributed by atoms with Gasteiger partial charge in [-0.2, -0.15) is 0 Å². The summed E-state index contributed by atoms with van der Waals surface area (Å²) in [5.41, 5.74) is 9.11. The van der Waals surface area contributed by atoms with E-state index < -0.39 is 0 Å². The second-order valence-electron chi connectivity index (χ2n) is 5.29. The van der Waals surface area contributed by atoms with E-state index in [1.165, 1.54) is 12.8 Å². The van der Waals surface area contributed by atoms with E-state index in [0.717, 1.165) is 42.6 Å². The molecule has 122 valence electrons. The van der Waals surface area contributed by atoms with Crippen LogP contribution in [0.4, 0.5) is 5.69 Å². The maximum atomic E-state index is 7.96. The van der Waals surface area contributed by atoms with Gasteiger partial charge < -0.3 is 11.1 Å². The van der Waals surface area contributed by atoms with Gasteiger partial charge in [-0.05, 0) is 42.6 Å². The van der Waals surface area contributed by atoms with Crippen molar-refractivity contribution in [1.29, 1.82) is 5.41 Å². The van der Waals surface area contributed by atoms with Crippen LogP contribution in [-0.4, -0.2) is 17.6 Å². The maximum Gasteiger partial charge on any atom is 0.199 e. The molecule has 0 unspecified atom stereocenters. The fourth-order valence-corrected chi connectivity index (χ4v) is 2.77. The average Bonchev–Trinajstić information content (AvgIpc) is 2.51. The highest BCUT2D eigenvalue weighted by atomic mass is 32.1. The van der Waals surface area contributed by atoms with E-state index in [4.69, 9.17) is 23.4 Å². The monoisotopic (exact) mass is 320 g/mol. The summed E-state index contributed by atoms with van der Waals surface area (Å²) in [6, 6.07) is 6.20. The van der Waals surface area contributed by atoms with Gasteiger partial charge in [0.25, 0.3) is 0 Å². The molecule has 22 heavy (non-hydrogen) atoms. The van der Waals surface area contributed by atoms with Crippen molar-refractivity contribution in [1.82, 2.24) is 5.32 Å². The number of unbranched alkanes of at least 4 members (excludes halogenated alkanes) is 2. The molecule has 0 bridgehead atoms. The molecule has 0 radical (unpaired) electrons. The van der Waals surface area contributed by atoms with Crippen LogP contribution >= 0.6 is 12.2 Å². The third kappa shape index (κ3) is 4.70. The lowest BCUT2D eigenvalue weighted by atomic mass is 10.0. The maximum absolute atomic E-state index is 7.96. The molecular weight excluding hydrogens is 292 g/mol. The first-order chi connectivity index (χ1) is 10.6. The van der Waals surface area contributed by atoms with Crippen LogP contribution in [0.5, 0.6) is 0 Å². The number of anilines is 1. The molecule has 0 aliphatic rings. The van der Waals surface area contributed by atoms with Crippen molar-refractivity contribution in [3.8, 4) is 0 Å². The van der Waals surface area contributed by atoms with E-state index in [0.29, 0.717) is 5.11 Å². The number of guanidine groups is 1. The number of nitrogens with two attached hydrogens (primary N) is 1. The Morgan fingerprint density at radius 3 is 2.23 bits per heavy atom. The van der Waals surface area contributed by atoms with Crippen LogP contribution in [0.15, 0.2) is 18.2 Å². The normalized spacial score (nSPS) is 10.3. The first-order valence-corrected chi connectivity index (χ1v) is 8.50. The van der Waals surface area contributed by atoms with E-state index in [-0.39, 0.29) is 5.96 Å². The lowest BCUT2D eigenvalue weighted by Crippen LogP contribution is -2.48. The van der Waals surface area contributed by atoms with Crippen molar-refractivity contribution in [2.24, 2.45) is 5.73 Å². The lowest BCUT2D eigenvalue weighted by Gasteiger charge is -2.28. The van der Waals surface area contributed by atoms with Crippen molar-refractivity contribution in [3.05, 3.63) is 29.3 Å². The molecule has 1 aromatic carbocycles. The van der Waals surface area contributed by atoms with Gasteiger partial charge in [0, 0.05) is 6.54 Å². The van der Waals surface area contributed by atoms with Crippen molar-refractivity contribution in [2.45, 2.75) is 52.9 Å². The zero-order valence-electron chi connectivity index (χ0n) is 13.9. The number of hydrogen-bond acceptors (Lipinski definition) is 2. The third-order valence-electron chi connectivity index (χ3n) is 3.69.